The summed E-state index contributed by atoms with van der Waals surface area (Å²) in [7, 11) is 0. The lowest BCUT2D eigenvalue weighted by Gasteiger charge is -2.39. The Morgan fingerprint density at radius 1 is 0.737 bits per heavy atom. The molecule has 0 saturated carbocycles. The molecular weight excluding hydrogens is 518 g/mol. The molecule has 2 aliphatic rings. The molecule has 2 amide bonds. The lowest BCUT2D eigenvalue weighted by Crippen LogP contribution is -2.59. The molecule has 0 aromatic heterocycles. The number of nitrogens with two attached hydrogens (primary N) is 1. The third-order valence-electron chi connectivity index (χ3n) is 6.11. The largest absolute Gasteiger partial charge is 0.394 e. The summed E-state index contributed by atoms with van der Waals surface area (Å²) in [6.07, 6.45) is -14.2. The van der Waals surface area contributed by atoms with Crippen LogP contribution < -0.4 is 16.4 Å². The van der Waals surface area contributed by atoms with E-state index in [1.54, 1.807) is 0 Å². The van der Waals surface area contributed by atoms with Crippen LogP contribution in [-0.4, -0.2) is 160 Å². The lowest BCUT2D eigenvalue weighted by molar-refractivity contribution is -0.300. The van der Waals surface area contributed by atoms with E-state index in [1.165, 1.54) is 0 Å². The van der Waals surface area contributed by atoms with Gasteiger partial charge in [0.2, 0.25) is 11.8 Å². The molecule has 0 spiro atoms. The highest BCUT2D eigenvalue weighted by Crippen LogP contribution is 2.22. The zero-order valence-corrected chi connectivity index (χ0v) is 20.6. The van der Waals surface area contributed by atoms with Crippen molar-refractivity contribution in [3.63, 3.8) is 0 Å². The Morgan fingerprint density at radius 2 is 1.18 bits per heavy atom. The fourth-order valence-electron chi connectivity index (χ4n) is 3.76. The Morgan fingerprint density at radius 3 is 1.63 bits per heavy atom. The second kappa shape index (κ2) is 15.9. The minimum absolute atomic E-state index is 0.00454. The topological polar surface area (TPSA) is 283 Å². The molecular formula is C21H39N3O14. The third-order valence-corrected chi connectivity index (χ3v) is 6.11. The van der Waals surface area contributed by atoms with Crippen molar-refractivity contribution in [2.45, 2.75) is 80.3 Å². The maximum absolute atomic E-state index is 12.1. The maximum atomic E-state index is 12.1. The van der Waals surface area contributed by atoms with E-state index < -0.39 is 92.5 Å². The van der Waals surface area contributed by atoms with Gasteiger partial charge in [0, 0.05) is 19.5 Å². The predicted octanol–water partition coefficient (Wildman–Crippen LogP) is -7.04. The molecule has 12 N–H and O–H groups in total. The van der Waals surface area contributed by atoms with Crippen molar-refractivity contribution in [1.29, 1.82) is 0 Å². The van der Waals surface area contributed by atoms with Gasteiger partial charge in [0.15, 0.2) is 12.6 Å². The minimum Gasteiger partial charge on any atom is -0.394 e. The molecule has 0 aromatic carbocycles. The van der Waals surface area contributed by atoms with Crippen molar-refractivity contribution in [3.8, 4) is 0 Å². The summed E-state index contributed by atoms with van der Waals surface area (Å²) in [5.41, 5.74) is 5.78. The summed E-state index contributed by atoms with van der Waals surface area (Å²) >= 11 is 0. The molecule has 0 aliphatic carbocycles. The van der Waals surface area contributed by atoms with E-state index in [1.807, 2.05) is 0 Å². The van der Waals surface area contributed by atoms with Gasteiger partial charge < -0.3 is 76.2 Å². The Hall–Kier alpha value is -1.58. The first-order chi connectivity index (χ1) is 18.0. The minimum atomic E-state index is -1.58. The van der Waals surface area contributed by atoms with E-state index in [0.29, 0.717) is 0 Å². The average molecular weight is 558 g/mol. The van der Waals surface area contributed by atoms with Gasteiger partial charge in [-0.25, -0.2) is 0 Å². The van der Waals surface area contributed by atoms with Gasteiger partial charge >= 0.3 is 0 Å². The van der Waals surface area contributed by atoms with Crippen molar-refractivity contribution in [2.24, 2.45) is 5.73 Å². The van der Waals surface area contributed by atoms with Gasteiger partial charge in [-0.05, 0) is 6.42 Å². The monoisotopic (exact) mass is 557 g/mol. The van der Waals surface area contributed by atoms with Gasteiger partial charge in [0.05, 0.1) is 32.5 Å². The summed E-state index contributed by atoms with van der Waals surface area (Å²) in [6, 6.07) is -1.02. The standard InChI is InChI=1S/C21H39N3O14/c22-9(19(34)24-4-6-36-21-18(33)16(31)14(29)11(8-26)38-21)1-2-12(27)23-3-5-35-20-17(32)15(30)13(28)10(7-25)37-20/h9-11,13-18,20-21,25-26,28-33H,1-8,22H2,(H,23,27)(H,24,34)/t9-,10+,11+,13+,14+,15-,16-,17-,18-,20-,21-/m0/s1. The predicted molar refractivity (Wildman–Crippen MR) is 123 cm³/mol. The Bertz CT molecular complexity index is 731. The molecule has 17 nitrogen and oxygen atoms in total. The SMILES string of the molecule is N[C@@H](CCC(=O)NCCO[C@H]1O[C@H](CO)[C@@H](O)[C@H](O)[C@@H]1O)C(=O)NCCO[C@H]1O[C@H](CO)[C@@H](O)[C@H](O)[C@@H]1O. The molecule has 38 heavy (non-hydrogen) atoms. The number of hydrogen-bond acceptors (Lipinski definition) is 15. The number of rotatable bonds is 14. The van der Waals surface area contributed by atoms with E-state index in [2.05, 4.69) is 10.6 Å². The van der Waals surface area contributed by atoms with Crippen LogP contribution in [0, 0.1) is 0 Å². The molecule has 0 unspecified atom stereocenters. The van der Waals surface area contributed by atoms with Crippen LogP contribution in [0.25, 0.3) is 0 Å². The first kappa shape index (κ1) is 32.6. The molecule has 2 aliphatic heterocycles. The summed E-state index contributed by atoms with van der Waals surface area (Å²) in [4.78, 5) is 24.1. The second-order valence-electron chi connectivity index (χ2n) is 8.92. The van der Waals surface area contributed by atoms with Gasteiger partial charge in [-0.15, -0.1) is 0 Å². The number of carbonyl (C=O) groups excluding carboxylic acids is 2. The Balaban J connectivity index is 1.58. The molecule has 0 aromatic rings. The first-order valence-corrected chi connectivity index (χ1v) is 12.2. The zero-order chi connectivity index (χ0) is 28.4. The Kier molecular flexibility index (Phi) is 13.6. The molecule has 2 fully saturated rings. The van der Waals surface area contributed by atoms with Crippen molar-refractivity contribution >= 4 is 11.8 Å². The number of aliphatic hydroxyl groups excluding tert-OH is 8. The number of amides is 2. The molecule has 2 rings (SSSR count). The van der Waals surface area contributed by atoms with Crippen LogP contribution in [-0.2, 0) is 28.5 Å². The summed E-state index contributed by atoms with van der Waals surface area (Å²) < 4.78 is 20.9. The van der Waals surface area contributed by atoms with Gasteiger partial charge in [-0.3, -0.25) is 9.59 Å². The van der Waals surface area contributed by atoms with Crippen LogP contribution in [0.15, 0.2) is 0 Å². The normalized spacial score (nSPS) is 36.4. The van der Waals surface area contributed by atoms with Crippen molar-refractivity contribution in [2.75, 3.05) is 39.5 Å². The third kappa shape index (κ3) is 8.98. The molecule has 0 radical (unpaired) electrons. The van der Waals surface area contributed by atoms with Crippen LogP contribution in [0.1, 0.15) is 12.8 Å². The molecule has 2 heterocycles. The van der Waals surface area contributed by atoms with Crippen LogP contribution in [0.2, 0.25) is 0 Å². The van der Waals surface area contributed by atoms with E-state index in [4.69, 9.17) is 34.9 Å². The van der Waals surface area contributed by atoms with E-state index in [9.17, 15) is 40.2 Å². The molecule has 11 atom stereocenters. The van der Waals surface area contributed by atoms with Crippen LogP contribution in [0.5, 0.6) is 0 Å². The summed E-state index contributed by atoms with van der Waals surface area (Å²) in [5, 5.41) is 82.0. The highest BCUT2D eigenvalue weighted by Gasteiger charge is 2.45. The number of nitrogens with one attached hydrogen (secondary N) is 2. The number of aliphatic hydroxyl groups is 8. The number of carbonyl (C=O) groups is 2. The second-order valence-corrected chi connectivity index (χ2v) is 8.92. The van der Waals surface area contributed by atoms with Crippen molar-refractivity contribution in [3.05, 3.63) is 0 Å². The van der Waals surface area contributed by atoms with Crippen molar-refractivity contribution < 1.29 is 69.4 Å². The fourth-order valence-corrected chi connectivity index (χ4v) is 3.76. The molecule has 222 valence electrons. The Labute approximate surface area is 218 Å². The van der Waals surface area contributed by atoms with E-state index >= 15 is 0 Å². The number of hydrogen-bond donors (Lipinski definition) is 11. The van der Waals surface area contributed by atoms with Crippen LogP contribution in [0.4, 0.5) is 0 Å². The molecule has 0 bridgehead atoms. The van der Waals surface area contributed by atoms with E-state index in [0.717, 1.165) is 0 Å². The quantitative estimate of drug-likeness (QED) is 0.0885. The first-order valence-electron chi connectivity index (χ1n) is 12.2. The smallest absolute Gasteiger partial charge is 0.237 e. The average Bonchev–Trinajstić information content (AvgIpc) is 2.91. The summed E-state index contributed by atoms with van der Waals surface area (Å²) in [5.74, 6) is -1.00. The van der Waals surface area contributed by atoms with E-state index in [-0.39, 0.29) is 39.1 Å². The molecule has 17 heteroatoms. The molecule has 2 saturated heterocycles. The van der Waals surface area contributed by atoms with Gasteiger partial charge in [-0.2, -0.15) is 0 Å². The lowest BCUT2D eigenvalue weighted by atomic mass is 9.99. The summed E-state index contributed by atoms with van der Waals surface area (Å²) in [6.45, 7) is -1.49. The number of ether oxygens (including phenoxy) is 4. The van der Waals surface area contributed by atoms with Gasteiger partial charge in [0.1, 0.15) is 48.8 Å². The van der Waals surface area contributed by atoms with Crippen LogP contribution in [0.3, 0.4) is 0 Å². The van der Waals surface area contributed by atoms with Gasteiger partial charge in [-0.1, -0.05) is 0 Å². The van der Waals surface area contributed by atoms with Gasteiger partial charge in [0.25, 0.3) is 0 Å². The maximum Gasteiger partial charge on any atom is 0.237 e. The van der Waals surface area contributed by atoms with Crippen LogP contribution >= 0.6 is 0 Å². The van der Waals surface area contributed by atoms with Crippen molar-refractivity contribution in [1.82, 2.24) is 10.6 Å². The zero-order valence-electron chi connectivity index (χ0n) is 20.6. The highest BCUT2D eigenvalue weighted by molar-refractivity contribution is 5.82. The fraction of sp³-hybridized carbons (Fsp3) is 0.905. The highest BCUT2D eigenvalue weighted by atomic mass is 16.7.